The van der Waals surface area contributed by atoms with Crippen molar-refractivity contribution in [1.82, 2.24) is 0 Å². The summed E-state index contributed by atoms with van der Waals surface area (Å²) >= 11 is 6.91. The highest BCUT2D eigenvalue weighted by Gasteiger charge is 2.22. The van der Waals surface area contributed by atoms with E-state index in [4.69, 9.17) is 14.7 Å². The highest BCUT2D eigenvalue weighted by molar-refractivity contribution is 9.11. The maximum Gasteiger partial charge on any atom is 0.356 e. The summed E-state index contributed by atoms with van der Waals surface area (Å²) in [5.41, 5.74) is 1.47. The molecule has 6 nitrogen and oxygen atoms in total. The van der Waals surface area contributed by atoms with Crippen molar-refractivity contribution in [3.8, 4) is 11.5 Å². The van der Waals surface area contributed by atoms with Crippen molar-refractivity contribution in [2.75, 3.05) is 14.2 Å². The van der Waals surface area contributed by atoms with Crippen molar-refractivity contribution in [3.63, 3.8) is 0 Å². The molecule has 0 bridgehead atoms. The van der Waals surface area contributed by atoms with Gasteiger partial charge in [-0.05, 0) is 43.5 Å². The zero-order valence-electron chi connectivity index (χ0n) is 14.2. The van der Waals surface area contributed by atoms with E-state index in [1.807, 2.05) is 30.3 Å². The van der Waals surface area contributed by atoms with Crippen molar-refractivity contribution in [1.29, 1.82) is 0 Å². The number of esters is 1. The van der Waals surface area contributed by atoms with Crippen LogP contribution in [0.3, 0.4) is 0 Å². The standard InChI is InChI=1S/C18H17Br2NO5/c1-24-17-13(19)8-12(9-14(21-23)18(22)25-2)16(15(17)20)26-10-11-6-4-3-5-7-11/h3-8,23H,9-10H2,1-2H3/b21-14+. The largest absolute Gasteiger partial charge is 0.494 e. The number of oxime groups is 1. The highest BCUT2D eigenvalue weighted by Crippen LogP contribution is 2.43. The van der Waals surface area contributed by atoms with Gasteiger partial charge in [-0.15, -0.1) is 0 Å². The first-order valence-corrected chi connectivity index (χ1v) is 9.11. The van der Waals surface area contributed by atoms with E-state index in [1.54, 1.807) is 13.2 Å². The zero-order valence-corrected chi connectivity index (χ0v) is 17.3. The summed E-state index contributed by atoms with van der Waals surface area (Å²) in [7, 11) is 2.76. The van der Waals surface area contributed by atoms with Crippen molar-refractivity contribution >= 4 is 43.5 Å². The first kappa shape index (κ1) is 20.3. The summed E-state index contributed by atoms with van der Waals surface area (Å²) in [5.74, 6) is 0.320. The average molecular weight is 487 g/mol. The van der Waals surface area contributed by atoms with Crippen LogP contribution in [0.25, 0.3) is 0 Å². The van der Waals surface area contributed by atoms with Crippen LogP contribution in [0.4, 0.5) is 0 Å². The third-order valence-electron chi connectivity index (χ3n) is 3.54. The summed E-state index contributed by atoms with van der Waals surface area (Å²) in [6.07, 6.45) is 0.0223. The summed E-state index contributed by atoms with van der Waals surface area (Å²) in [6, 6.07) is 11.4. The molecular formula is C18H17Br2NO5. The van der Waals surface area contributed by atoms with E-state index < -0.39 is 5.97 Å². The maximum absolute atomic E-state index is 11.7. The van der Waals surface area contributed by atoms with E-state index >= 15 is 0 Å². The fourth-order valence-corrected chi connectivity index (χ4v) is 3.93. The topological polar surface area (TPSA) is 77.4 Å². The van der Waals surface area contributed by atoms with Crippen LogP contribution in [0.5, 0.6) is 11.5 Å². The molecule has 2 aromatic carbocycles. The SMILES string of the molecule is COC(=O)/C(Cc1cc(Br)c(OC)c(Br)c1OCc1ccccc1)=N/O. The zero-order chi connectivity index (χ0) is 19.1. The van der Waals surface area contributed by atoms with Crippen LogP contribution in [0.15, 0.2) is 50.5 Å². The summed E-state index contributed by atoms with van der Waals surface area (Å²) in [6.45, 7) is 0.320. The fourth-order valence-electron chi connectivity index (χ4n) is 2.28. The molecule has 0 aliphatic rings. The molecule has 0 spiro atoms. The van der Waals surface area contributed by atoms with Crippen LogP contribution in [-0.4, -0.2) is 31.1 Å². The van der Waals surface area contributed by atoms with E-state index in [1.165, 1.54) is 7.11 Å². The van der Waals surface area contributed by atoms with E-state index in [-0.39, 0.29) is 12.1 Å². The molecule has 26 heavy (non-hydrogen) atoms. The molecule has 1 N–H and O–H groups in total. The van der Waals surface area contributed by atoms with Crippen molar-refractivity contribution in [2.24, 2.45) is 5.16 Å². The Morgan fingerprint density at radius 1 is 1.15 bits per heavy atom. The average Bonchev–Trinajstić information content (AvgIpc) is 2.66. The predicted molar refractivity (Wildman–Crippen MR) is 104 cm³/mol. The lowest BCUT2D eigenvalue weighted by atomic mass is 10.1. The molecule has 0 saturated heterocycles. The second-order valence-corrected chi connectivity index (χ2v) is 6.83. The Labute approximate surface area is 168 Å². The van der Waals surface area contributed by atoms with Crippen molar-refractivity contribution < 1.29 is 24.2 Å². The van der Waals surface area contributed by atoms with Gasteiger partial charge in [-0.2, -0.15) is 0 Å². The quantitative estimate of drug-likeness (QED) is 0.272. The van der Waals surface area contributed by atoms with Gasteiger partial charge in [0.05, 0.1) is 18.7 Å². The Morgan fingerprint density at radius 3 is 2.42 bits per heavy atom. The molecule has 0 unspecified atom stereocenters. The van der Waals surface area contributed by atoms with Crippen LogP contribution < -0.4 is 9.47 Å². The maximum atomic E-state index is 11.7. The summed E-state index contributed by atoms with van der Waals surface area (Å²) in [4.78, 5) is 11.7. The van der Waals surface area contributed by atoms with Gasteiger partial charge in [0.15, 0.2) is 11.5 Å². The Morgan fingerprint density at radius 2 is 1.85 bits per heavy atom. The second-order valence-electron chi connectivity index (χ2n) is 5.18. The molecule has 0 aliphatic heterocycles. The number of halogens is 2. The van der Waals surface area contributed by atoms with Gasteiger partial charge >= 0.3 is 5.97 Å². The molecule has 0 heterocycles. The number of methoxy groups -OCH3 is 2. The Hall–Kier alpha value is -2.06. The smallest absolute Gasteiger partial charge is 0.356 e. The molecule has 0 saturated carbocycles. The van der Waals surface area contributed by atoms with Gasteiger partial charge < -0.3 is 19.4 Å². The van der Waals surface area contributed by atoms with E-state index in [0.717, 1.165) is 5.56 Å². The van der Waals surface area contributed by atoms with Crippen LogP contribution in [0.2, 0.25) is 0 Å². The third-order valence-corrected chi connectivity index (χ3v) is 4.85. The lowest BCUT2D eigenvalue weighted by Crippen LogP contribution is -2.19. The third kappa shape index (κ3) is 4.76. The van der Waals surface area contributed by atoms with Crippen LogP contribution in [0, 0.1) is 0 Å². The molecule has 0 radical (unpaired) electrons. The molecule has 0 aliphatic carbocycles. The number of hydrogen-bond acceptors (Lipinski definition) is 6. The predicted octanol–water partition coefficient (Wildman–Crippen LogP) is 4.34. The monoisotopic (exact) mass is 485 g/mol. The minimum Gasteiger partial charge on any atom is -0.494 e. The molecule has 8 heteroatoms. The molecular weight excluding hydrogens is 470 g/mol. The molecule has 2 aromatic rings. The minimum absolute atomic E-state index is 0.0223. The highest BCUT2D eigenvalue weighted by atomic mass is 79.9. The fraction of sp³-hybridized carbons (Fsp3) is 0.222. The van der Waals surface area contributed by atoms with Gasteiger partial charge in [0.1, 0.15) is 16.8 Å². The number of hydrogen-bond donors (Lipinski definition) is 1. The van der Waals surface area contributed by atoms with Gasteiger partial charge in [0.25, 0.3) is 0 Å². The van der Waals surface area contributed by atoms with E-state index in [9.17, 15) is 4.79 Å². The van der Waals surface area contributed by atoms with Gasteiger partial charge in [0, 0.05) is 12.0 Å². The van der Waals surface area contributed by atoms with E-state index in [2.05, 4.69) is 41.8 Å². The number of carbonyl (C=O) groups is 1. The Bertz CT molecular complexity index is 809. The number of carbonyl (C=O) groups excluding carboxylic acids is 1. The lowest BCUT2D eigenvalue weighted by molar-refractivity contribution is -0.133. The molecule has 2 rings (SSSR count). The first-order valence-electron chi connectivity index (χ1n) is 7.52. The Kier molecular flexibility index (Phi) is 7.47. The van der Waals surface area contributed by atoms with Crippen LogP contribution in [0.1, 0.15) is 11.1 Å². The second kappa shape index (κ2) is 9.59. The number of nitrogens with zero attached hydrogens (tertiary/aromatic N) is 1. The number of ether oxygens (including phenoxy) is 3. The molecule has 0 fully saturated rings. The van der Waals surface area contributed by atoms with Gasteiger partial charge in [0.2, 0.25) is 0 Å². The molecule has 0 atom stereocenters. The summed E-state index contributed by atoms with van der Waals surface area (Å²) in [5, 5.41) is 12.2. The minimum atomic E-state index is -0.718. The Balaban J connectivity index is 2.40. The van der Waals surface area contributed by atoms with Crippen molar-refractivity contribution in [3.05, 3.63) is 56.5 Å². The van der Waals surface area contributed by atoms with E-state index in [0.29, 0.717) is 32.6 Å². The summed E-state index contributed by atoms with van der Waals surface area (Å²) < 4.78 is 17.2. The van der Waals surface area contributed by atoms with Crippen LogP contribution >= 0.6 is 31.9 Å². The first-order chi connectivity index (χ1) is 12.5. The van der Waals surface area contributed by atoms with Gasteiger partial charge in [-0.1, -0.05) is 35.5 Å². The number of benzene rings is 2. The molecule has 0 aromatic heterocycles. The van der Waals surface area contributed by atoms with Gasteiger partial charge in [-0.25, -0.2) is 4.79 Å². The van der Waals surface area contributed by atoms with Crippen molar-refractivity contribution in [2.45, 2.75) is 13.0 Å². The normalized spacial score (nSPS) is 11.2. The lowest BCUT2D eigenvalue weighted by Gasteiger charge is -2.17. The number of rotatable bonds is 7. The van der Waals surface area contributed by atoms with Gasteiger partial charge in [-0.3, -0.25) is 0 Å². The molecule has 138 valence electrons. The molecule has 0 amide bonds. The van der Waals surface area contributed by atoms with Crippen LogP contribution in [-0.2, 0) is 22.6 Å².